The lowest BCUT2D eigenvalue weighted by atomic mass is 10.3. The molecule has 1 amide bonds. The van der Waals surface area contributed by atoms with Gasteiger partial charge in [0.15, 0.2) is 10.4 Å². The maximum absolute atomic E-state index is 11.7. The van der Waals surface area contributed by atoms with Crippen LogP contribution >= 0.6 is 15.9 Å². The number of rotatable bonds is 2. The van der Waals surface area contributed by atoms with Gasteiger partial charge in [-0.05, 0) is 48.0 Å². The molecule has 2 aromatic heterocycles. The van der Waals surface area contributed by atoms with E-state index in [1.165, 1.54) is 0 Å². The number of nitrogens with one attached hydrogen (secondary N) is 1. The molecular formula is C11H10BrN3O2. The summed E-state index contributed by atoms with van der Waals surface area (Å²) in [5.74, 6) is 0.111. The summed E-state index contributed by atoms with van der Waals surface area (Å²) in [6.45, 7) is 3.68. The molecule has 0 fully saturated rings. The molecule has 0 saturated carbocycles. The predicted molar refractivity (Wildman–Crippen MR) is 65.9 cm³/mol. The molecule has 0 aliphatic heterocycles. The van der Waals surface area contributed by atoms with Crippen LogP contribution in [0.15, 0.2) is 27.3 Å². The molecule has 5 nitrogen and oxygen atoms in total. The molecule has 17 heavy (non-hydrogen) atoms. The summed E-state index contributed by atoms with van der Waals surface area (Å²) in [5.41, 5.74) is 1.60. The molecule has 0 radical (unpaired) electrons. The Morgan fingerprint density at radius 3 is 2.47 bits per heavy atom. The Hall–Kier alpha value is -1.69. The number of carbonyl (C=O) groups excluding carboxylic acids is 1. The molecule has 2 rings (SSSR count). The van der Waals surface area contributed by atoms with Crippen LogP contribution in [0.1, 0.15) is 21.9 Å². The minimum absolute atomic E-state index is 0.208. The van der Waals surface area contributed by atoms with E-state index in [0.717, 1.165) is 11.4 Å². The number of nitrogens with zero attached hydrogens (tertiary/aromatic N) is 2. The van der Waals surface area contributed by atoms with Gasteiger partial charge in [-0.15, -0.1) is 0 Å². The lowest BCUT2D eigenvalue weighted by Crippen LogP contribution is -2.14. The van der Waals surface area contributed by atoms with Crippen molar-refractivity contribution < 1.29 is 9.21 Å². The molecule has 0 atom stereocenters. The Labute approximate surface area is 106 Å². The third-order valence-corrected chi connectivity index (χ3v) is 2.43. The lowest BCUT2D eigenvalue weighted by Gasteiger charge is -2.03. The third-order valence-electron chi connectivity index (χ3n) is 2.00. The van der Waals surface area contributed by atoms with Gasteiger partial charge in [0.2, 0.25) is 5.95 Å². The van der Waals surface area contributed by atoms with Crippen molar-refractivity contribution in [3.63, 3.8) is 0 Å². The average molecular weight is 296 g/mol. The number of carbonyl (C=O) groups is 1. The van der Waals surface area contributed by atoms with E-state index in [0.29, 0.717) is 4.67 Å². The first-order chi connectivity index (χ1) is 8.04. The maximum atomic E-state index is 11.7. The fourth-order valence-electron chi connectivity index (χ4n) is 1.38. The van der Waals surface area contributed by atoms with Crippen LogP contribution in [0.5, 0.6) is 0 Å². The van der Waals surface area contributed by atoms with Crippen molar-refractivity contribution in [1.29, 1.82) is 0 Å². The molecule has 0 aliphatic carbocycles. The van der Waals surface area contributed by atoms with Crippen LogP contribution < -0.4 is 5.32 Å². The Morgan fingerprint density at radius 2 is 1.94 bits per heavy atom. The number of aryl methyl sites for hydroxylation is 2. The van der Waals surface area contributed by atoms with Crippen LogP contribution in [0.4, 0.5) is 5.95 Å². The molecule has 0 unspecified atom stereocenters. The fraction of sp³-hybridized carbons (Fsp3) is 0.182. The molecule has 0 spiro atoms. The highest BCUT2D eigenvalue weighted by Crippen LogP contribution is 2.15. The number of hydrogen-bond acceptors (Lipinski definition) is 4. The largest absolute Gasteiger partial charge is 0.444 e. The Morgan fingerprint density at radius 1 is 1.29 bits per heavy atom. The van der Waals surface area contributed by atoms with E-state index in [4.69, 9.17) is 4.42 Å². The summed E-state index contributed by atoms with van der Waals surface area (Å²) >= 11 is 3.13. The second kappa shape index (κ2) is 4.67. The second-order valence-electron chi connectivity index (χ2n) is 3.53. The molecule has 2 aromatic rings. The van der Waals surface area contributed by atoms with Crippen LogP contribution in [0.3, 0.4) is 0 Å². The van der Waals surface area contributed by atoms with E-state index >= 15 is 0 Å². The lowest BCUT2D eigenvalue weighted by molar-refractivity contribution is 0.0994. The van der Waals surface area contributed by atoms with E-state index in [2.05, 4.69) is 31.2 Å². The van der Waals surface area contributed by atoms with Crippen LogP contribution in [0.2, 0.25) is 0 Å². The zero-order chi connectivity index (χ0) is 12.4. The van der Waals surface area contributed by atoms with Gasteiger partial charge >= 0.3 is 0 Å². The maximum Gasteiger partial charge on any atom is 0.293 e. The van der Waals surface area contributed by atoms with Gasteiger partial charge in [-0.2, -0.15) is 0 Å². The van der Waals surface area contributed by atoms with Gasteiger partial charge in [0.25, 0.3) is 5.91 Å². The van der Waals surface area contributed by atoms with Crippen molar-refractivity contribution in [3.05, 3.63) is 40.0 Å². The highest BCUT2D eigenvalue weighted by Gasteiger charge is 2.12. The normalized spacial score (nSPS) is 10.3. The molecule has 88 valence electrons. The van der Waals surface area contributed by atoms with E-state index in [1.807, 2.05) is 19.9 Å². The molecule has 0 aliphatic rings. The van der Waals surface area contributed by atoms with E-state index < -0.39 is 0 Å². The Bertz CT molecular complexity index is 545. The quantitative estimate of drug-likeness (QED) is 0.925. The highest BCUT2D eigenvalue weighted by atomic mass is 79.9. The van der Waals surface area contributed by atoms with E-state index in [-0.39, 0.29) is 17.6 Å². The van der Waals surface area contributed by atoms with Gasteiger partial charge in [-0.25, -0.2) is 9.97 Å². The Balaban J connectivity index is 2.18. The summed E-state index contributed by atoms with van der Waals surface area (Å²) in [6, 6.07) is 5.05. The van der Waals surface area contributed by atoms with Gasteiger partial charge in [0.05, 0.1) is 0 Å². The average Bonchev–Trinajstić information content (AvgIpc) is 2.63. The topological polar surface area (TPSA) is 68.0 Å². The smallest absolute Gasteiger partial charge is 0.293 e. The number of anilines is 1. The van der Waals surface area contributed by atoms with Crippen molar-refractivity contribution in [3.8, 4) is 0 Å². The first kappa shape index (κ1) is 11.8. The summed E-state index contributed by atoms with van der Waals surface area (Å²) < 4.78 is 5.63. The molecular weight excluding hydrogens is 286 g/mol. The predicted octanol–water partition coefficient (Wildman–Crippen LogP) is 2.70. The standard InChI is InChI=1S/C11H10BrN3O2/c1-6-5-7(2)14-11(13-6)15-10(16)8-3-4-9(12)17-8/h3-5H,1-2H3,(H,13,14,15,16). The highest BCUT2D eigenvalue weighted by molar-refractivity contribution is 9.10. The minimum Gasteiger partial charge on any atom is -0.444 e. The summed E-state index contributed by atoms with van der Waals surface area (Å²) in [7, 11) is 0. The molecule has 2 heterocycles. The van der Waals surface area contributed by atoms with E-state index in [9.17, 15) is 4.79 Å². The van der Waals surface area contributed by atoms with Crippen molar-refractivity contribution in [2.75, 3.05) is 5.32 Å². The zero-order valence-electron chi connectivity index (χ0n) is 9.32. The monoisotopic (exact) mass is 295 g/mol. The number of amides is 1. The fourth-order valence-corrected chi connectivity index (χ4v) is 1.69. The zero-order valence-corrected chi connectivity index (χ0v) is 10.9. The number of aromatic nitrogens is 2. The third kappa shape index (κ3) is 2.91. The van der Waals surface area contributed by atoms with E-state index in [1.54, 1.807) is 12.1 Å². The summed E-state index contributed by atoms with van der Waals surface area (Å²) in [6.07, 6.45) is 0. The minimum atomic E-state index is -0.374. The molecule has 0 saturated heterocycles. The summed E-state index contributed by atoms with van der Waals surface area (Å²) in [4.78, 5) is 20.0. The molecule has 6 heteroatoms. The number of hydrogen-bond donors (Lipinski definition) is 1. The summed E-state index contributed by atoms with van der Waals surface area (Å²) in [5, 5.41) is 2.58. The van der Waals surface area contributed by atoms with Crippen LogP contribution in [-0.2, 0) is 0 Å². The van der Waals surface area contributed by atoms with Gasteiger partial charge in [-0.3, -0.25) is 10.1 Å². The van der Waals surface area contributed by atoms with Crippen molar-refractivity contribution >= 4 is 27.8 Å². The molecule has 0 bridgehead atoms. The van der Waals surface area contributed by atoms with Crippen LogP contribution in [0.25, 0.3) is 0 Å². The SMILES string of the molecule is Cc1cc(C)nc(NC(=O)c2ccc(Br)o2)n1. The number of furan rings is 1. The van der Waals surface area contributed by atoms with Gasteiger partial charge < -0.3 is 4.42 Å². The van der Waals surface area contributed by atoms with Gasteiger partial charge in [0.1, 0.15) is 0 Å². The number of halogens is 1. The molecule has 1 N–H and O–H groups in total. The van der Waals surface area contributed by atoms with Crippen molar-refractivity contribution in [1.82, 2.24) is 9.97 Å². The Kier molecular flexibility index (Phi) is 3.23. The second-order valence-corrected chi connectivity index (χ2v) is 4.31. The van der Waals surface area contributed by atoms with Gasteiger partial charge in [0, 0.05) is 11.4 Å². The van der Waals surface area contributed by atoms with Crippen LogP contribution in [0, 0.1) is 13.8 Å². The van der Waals surface area contributed by atoms with Crippen molar-refractivity contribution in [2.24, 2.45) is 0 Å². The van der Waals surface area contributed by atoms with Crippen molar-refractivity contribution in [2.45, 2.75) is 13.8 Å². The van der Waals surface area contributed by atoms with Gasteiger partial charge in [-0.1, -0.05) is 0 Å². The first-order valence-corrected chi connectivity index (χ1v) is 5.73. The molecule has 0 aromatic carbocycles. The first-order valence-electron chi connectivity index (χ1n) is 4.93. The van der Waals surface area contributed by atoms with Crippen LogP contribution in [-0.4, -0.2) is 15.9 Å².